The number of hydrogen-bond donors (Lipinski definition) is 1. The Kier molecular flexibility index (Phi) is 4.59. The molecule has 1 aromatic heterocycles. The van der Waals surface area contributed by atoms with Crippen molar-refractivity contribution in [2.24, 2.45) is 0 Å². The average molecular weight is 316 g/mol. The van der Waals surface area contributed by atoms with Crippen LogP contribution >= 0.6 is 22.9 Å². The summed E-state index contributed by atoms with van der Waals surface area (Å²) in [5.74, 6) is 0. The van der Waals surface area contributed by atoms with E-state index in [9.17, 15) is 0 Å². The van der Waals surface area contributed by atoms with Gasteiger partial charge in [0.2, 0.25) is 0 Å². The molecule has 0 spiro atoms. The summed E-state index contributed by atoms with van der Waals surface area (Å²) in [4.78, 5) is 1.33. The number of likely N-dealkylation sites (N-methyl/N-ethyl adjacent to an activating group) is 1. The number of halogens is 1. The maximum absolute atomic E-state index is 6.02. The second-order valence-corrected chi connectivity index (χ2v) is 7.04. The first-order chi connectivity index (χ1) is 10.3. The van der Waals surface area contributed by atoms with E-state index in [0.29, 0.717) is 6.04 Å². The Hall–Kier alpha value is -1.35. The van der Waals surface area contributed by atoms with Crippen molar-refractivity contribution in [3.8, 4) is 0 Å². The minimum absolute atomic E-state index is 0.422. The highest BCUT2D eigenvalue weighted by Crippen LogP contribution is 2.24. The van der Waals surface area contributed by atoms with Crippen LogP contribution in [-0.4, -0.2) is 13.1 Å². The lowest BCUT2D eigenvalue weighted by molar-refractivity contribution is 0.562. The molecule has 0 bridgehead atoms. The number of fused-ring (bicyclic) bond motifs is 1. The topological polar surface area (TPSA) is 12.0 Å². The van der Waals surface area contributed by atoms with Crippen molar-refractivity contribution >= 4 is 33.7 Å². The van der Waals surface area contributed by atoms with Gasteiger partial charge in [-0.2, -0.15) is 0 Å². The molecule has 1 heterocycles. The molecule has 1 nitrogen and oxygen atoms in total. The van der Waals surface area contributed by atoms with Gasteiger partial charge in [0, 0.05) is 10.9 Å². The third-order valence-corrected chi connectivity index (χ3v) is 5.08. The minimum Gasteiger partial charge on any atom is -0.316 e. The molecule has 0 aliphatic carbocycles. The zero-order valence-corrected chi connectivity index (χ0v) is 13.5. The van der Waals surface area contributed by atoms with E-state index >= 15 is 0 Å². The van der Waals surface area contributed by atoms with Gasteiger partial charge in [0.15, 0.2) is 0 Å². The Balaban J connectivity index is 1.82. The first kappa shape index (κ1) is 14.6. The van der Waals surface area contributed by atoms with Crippen LogP contribution in [0, 0.1) is 0 Å². The van der Waals surface area contributed by atoms with E-state index in [2.05, 4.69) is 53.8 Å². The van der Waals surface area contributed by atoms with E-state index in [1.807, 2.05) is 13.1 Å². The smallest absolute Gasteiger partial charge is 0.0931 e. The fourth-order valence-corrected chi connectivity index (χ4v) is 3.88. The molecular weight excluding hydrogens is 298 g/mol. The summed E-state index contributed by atoms with van der Waals surface area (Å²) in [6.45, 7) is 0. The highest BCUT2D eigenvalue weighted by Gasteiger charge is 2.11. The van der Waals surface area contributed by atoms with Gasteiger partial charge in [-0.05, 0) is 48.4 Å². The van der Waals surface area contributed by atoms with E-state index in [1.165, 1.54) is 21.2 Å². The lowest BCUT2D eigenvalue weighted by atomic mass is 9.97. The Morgan fingerprint density at radius 2 is 1.81 bits per heavy atom. The van der Waals surface area contributed by atoms with Crippen molar-refractivity contribution in [3.05, 3.63) is 69.4 Å². The average Bonchev–Trinajstić information content (AvgIpc) is 2.92. The van der Waals surface area contributed by atoms with Crippen LogP contribution in [0.25, 0.3) is 10.8 Å². The minimum atomic E-state index is 0.422. The van der Waals surface area contributed by atoms with Gasteiger partial charge in [-0.1, -0.05) is 54.1 Å². The predicted molar refractivity (Wildman–Crippen MR) is 93.5 cm³/mol. The van der Waals surface area contributed by atoms with Gasteiger partial charge in [-0.3, -0.25) is 0 Å². The van der Waals surface area contributed by atoms with Crippen molar-refractivity contribution in [2.45, 2.75) is 18.9 Å². The highest BCUT2D eigenvalue weighted by molar-refractivity contribution is 7.16. The van der Waals surface area contributed by atoms with Gasteiger partial charge in [0.05, 0.1) is 4.34 Å². The van der Waals surface area contributed by atoms with Crippen molar-refractivity contribution in [3.63, 3.8) is 0 Å². The summed E-state index contributed by atoms with van der Waals surface area (Å²) >= 11 is 7.69. The quantitative estimate of drug-likeness (QED) is 0.704. The van der Waals surface area contributed by atoms with E-state index in [1.54, 1.807) is 11.3 Å². The molecule has 21 heavy (non-hydrogen) atoms. The standard InChI is InChI=1S/C18H18ClNS/c1-20-15(12-16-9-10-18(19)21-16)11-14-7-4-6-13-5-2-3-8-17(13)14/h2-10,15,20H,11-12H2,1H3. The molecule has 3 heteroatoms. The molecular formula is C18H18ClNS. The predicted octanol–water partition coefficient (Wildman–Crippen LogP) is 4.93. The van der Waals surface area contributed by atoms with Gasteiger partial charge >= 0.3 is 0 Å². The number of benzene rings is 2. The molecule has 108 valence electrons. The zero-order valence-electron chi connectivity index (χ0n) is 12.0. The van der Waals surface area contributed by atoms with E-state index in [0.717, 1.165) is 17.2 Å². The van der Waals surface area contributed by atoms with Crippen molar-refractivity contribution in [1.29, 1.82) is 0 Å². The molecule has 3 rings (SSSR count). The molecule has 0 fully saturated rings. The molecule has 0 amide bonds. The van der Waals surface area contributed by atoms with Crippen molar-refractivity contribution < 1.29 is 0 Å². The largest absolute Gasteiger partial charge is 0.316 e. The SMILES string of the molecule is CNC(Cc1ccc(Cl)s1)Cc1cccc2ccccc12. The summed E-state index contributed by atoms with van der Waals surface area (Å²) in [5, 5.41) is 6.10. The molecule has 0 radical (unpaired) electrons. The van der Waals surface area contributed by atoms with Gasteiger partial charge in [-0.15, -0.1) is 11.3 Å². The van der Waals surface area contributed by atoms with Crippen molar-refractivity contribution in [1.82, 2.24) is 5.32 Å². The Morgan fingerprint density at radius 1 is 1.00 bits per heavy atom. The monoisotopic (exact) mass is 315 g/mol. The Labute approximate surface area is 134 Å². The van der Waals surface area contributed by atoms with Crippen LogP contribution in [0.15, 0.2) is 54.6 Å². The van der Waals surface area contributed by atoms with Gasteiger partial charge < -0.3 is 5.32 Å². The number of rotatable bonds is 5. The normalized spacial score (nSPS) is 12.7. The fourth-order valence-electron chi connectivity index (χ4n) is 2.72. The molecule has 1 atom stereocenters. The van der Waals surface area contributed by atoms with E-state index in [4.69, 9.17) is 11.6 Å². The molecule has 0 aliphatic heterocycles. The fraction of sp³-hybridized carbons (Fsp3) is 0.222. The summed E-state index contributed by atoms with van der Waals surface area (Å²) in [6, 6.07) is 19.7. The van der Waals surface area contributed by atoms with E-state index < -0.39 is 0 Å². The number of thiophene rings is 1. The molecule has 0 saturated heterocycles. The van der Waals surface area contributed by atoms with Gasteiger partial charge in [0.25, 0.3) is 0 Å². The van der Waals surface area contributed by atoms with Gasteiger partial charge in [0.1, 0.15) is 0 Å². The molecule has 3 aromatic rings. The second kappa shape index (κ2) is 6.61. The van der Waals surface area contributed by atoms with Crippen LogP contribution < -0.4 is 5.32 Å². The maximum Gasteiger partial charge on any atom is 0.0931 e. The van der Waals surface area contributed by atoms with Crippen LogP contribution in [0.1, 0.15) is 10.4 Å². The van der Waals surface area contributed by atoms with Crippen LogP contribution in [0.4, 0.5) is 0 Å². The zero-order chi connectivity index (χ0) is 14.7. The van der Waals surface area contributed by atoms with Crippen LogP contribution in [0.2, 0.25) is 4.34 Å². The third-order valence-electron chi connectivity index (χ3n) is 3.83. The Morgan fingerprint density at radius 3 is 2.57 bits per heavy atom. The van der Waals surface area contributed by atoms with Crippen LogP contribution in [-0.2, 0) is 12.8 Å². The molecule has 0 aliphatic rings. The summed E-state index contributed by atoms with van der Waals surface area (Å²) in [6.07, 6.45) is 2.03. The lowest BCUT2D eigenvalue weighted by Crippen LogP contribution is -2.29. The summed E-state index contributed by atoms with van der Waals surface area (Å²) < 4.78 is 0.866. The van der Waals surface area contributed by atoms with Gasteiger partial charge in [-0.25, -0.2) is 0 Å². The van der Waals surface area contributed by atoms with E-state index in [-0.39, 0.29) is 0 Å². The molecule has 2 aromatic carbocycles. The van der Waals surface area contributed by atoms with Crippen molar-refractivity contribution in [2.75, 3.05) is 7.05 Å². The third kappa shape index (κ3) is 3.46. The first-order valence-electron chi connectivity index (χ1n) is 7.14. The van der Waals surface area contributed by atoms with Crippen LogP contribution in [0.5, 0.6) is 0 Å². The molecule has 0 saturated carbocycles. The molecule has 1 N–H and O–H groups in total. The maximum atomic E-state index is 6.02. The Bertz CT molecular complexity index is 729. The molecule has 1 unspecified atom stereocenters. The number of nitrogens with one attached hydrogen (secondary N) is 1. The van der Waals surface area contributed by atoms with Crippen LogP contribution in [0.3, 0.4) is 0 Å². The highest BCUT2D eigenvalue weighted by atomic mass is 35.5. The number of hydrogen-bond acceptors (Lipinski definition) is 2. The lowest BCUT2D eigenvalue weighted by Gasteiger charge is -2.16. The summed E-state index contributed by atoms with van der Waals surface area (Å²) in [5.41, 5.74) is 1.40. The first-order valence-corrected chi connectivity index (χ1v) is 8.34. The summed E-state index contributed by atoms with van der Waals surface area (Å²) in [7, 11) is 2.03. The second-order valence-electron chi connectivity index (χ2n) is 5.24.